The van der Waals surface area contributed by atoms with E-state index in [0.717, 1.165) is 12.8 Å². The lowest BCUT2D eigenvalue weighted by atomic mass is 10.2. The zero-order valence-electron chi connectivity index (χ0n) is 14.3. The Morgan fingerprint density at radius 3 is 2.50 bits per heavy atom. The van der Waals surface area contributed by atoms with E-state index in [-0.39, 0.29) is 30.2 Å². The Kier molecular flexibility index (Phi) is 4.24. The molecule has 6 nitrogen and oxygen atoms in total. The fourth-order valence-electron chi connectivity index (χ4n) is 3.28. The van der Waals surface area contributed by atoms with E-state index in [1.807, 2.05) is 11.4 Å². The summed E-state index contributed by atoms with van der Waals surface area (Å²) in [7, 11) is 1.56. The van der Waals surface area contributed by atoms with Gasteiger partial charge in [0.2, 0.25) is 5.91 Å². The molecule has 1 atom stereocenters. The van der Waals surface area contributed by atoms with Crippen LogP contribution in [0.1, 0.15) is 28.9 Å². The number of rotatable bonds is 5. The zero-order valence-corrected chi connectivity index (χ0v) is 15.1. The van der Waals surface area contributed by atoms with Gasteiger partial charge in [0.05, 0.1) is 24.1 Å². The van der Waals surface area contributed by atoms with Crippen molar-refractivity contribution in [3.05, 3.63) is 46.7 Å². The van der Waals surface area contributed by atoms with Gasteiger partial charge in [-0.2, -0.15) is 0 Å². The first-order valence-corrected chi connectivity index (χ1v) is 9.35. The van der Waals surface area contributed by atoms with Crippen LogP contribution in [0.5, 0.6) is 5.75 Å². The molecule has 0 spiro atoms. The van der Waals surface area contributed by atoms with Gasteiger partial charge >= 0.3 is 0 Å². The Labute approximate surface area is 155 Å². The van der Waals surface area contributed by atoms with Gasteiger partial charge in [0, 0.05) is 6.04 Å². The normalized spacial score (nSPS) is 19.7. The summed E-state index contributed by atoms with van der Waals surface area (Å²) >= 11 is 1.35. The Balaban J connectivity index is 1.61. The van der Waals surface area contributed by atoms with Crippen molar-refractivity contribution in [3.63, 3.8) is 0 Å². The molecule has 134 valence electrons. The summed E-state index contributed by atoms with van der Waals surface area (Å²) in [6.07, 6.45) is 1.77. The summed E-state index contributed by atoms with van der Waals surface area (Å²) < 4.78 is 5.12. The minimum absolute atomic E-state index is 0.0263. The molecule has 1 aliphatic heterocycles. The maximum absolute atomic E-state index is 13.0. The summed E-state index contributed by atoms with van der Waals surface area (Å²) in [5, 5.41) is 1.84. The topological polar surface area (TPSA) is 66.9 Å². The molecule has 1 saturated carbocycles. The molecule has 2 heterocycles. The van der Waals surface area contributed by atoms with Gasteiger partial charge in [-0.15, -0.1) is 11.3 Å². The second-order valence-corrected chi connectivity index (χ2v) is 7.35. The third-order valence-corrected chi connectivity index (χ3v) is 5.55. The number of amides is 3. The zero-order chi connectivity index (χ0) is 18.3. The standard InChI is InChI=1S/C19H18N2O4S/c1-25-14-8-6-13(7-9-14)21-17(22)11-15(18(21)23)20(12-4-5-12)19(24)16-3-2-10-26-16/h2-3,6-10,12,15H,4-5,11H2,1H3. The molecule has 0 radical (unpaired) electrons. The summed E-state index contributed by atoms with van der Waals surface area (Å²) in [5.74, 6) is -0.131. The molecule has 2 fully saturated rings. The number of hydrogen-bond donors (Lipinski definition) is 0. The molecule has 4 rings (SSSR count). The molecular formula is C19H18N2O4S. The summed E-state index contributed by atoms with van der Waals surface area (Å²) in [6, 6.07) is 9.66. The summed E-state index contributed by atoms with van der Waals surface area (Å²) in [5.41, 5.74) is 0.502. The molecule has 1 aromatic heterocycles. The Morgan fingerprint density at radius 2 is 1.92 bits per heavy atom. The number of carbonyl (C=O) groups excluding carboxylic acids is 3. The Hall–Kier alpha value is -2.67. The average molecular weight is 370 g/mol. The second kappa shape index (κ2) is 6.57. The molecule has 1 aliphatic carbocycles. The number of benzene rings is 1. The van der Waals surface area contributed by atoms with Crippen molar-refractivity contribution >= 4 is 34.7 Å². The van der Waals surface area contributed by atoms with Gasteiger partial charge < -0.3 is 9.64 Å². The van der Waals surface area contributed by atoms with E-state index in [1.54, 1.807) is 42.3 Å². The fourth-order valence-corrected chi connectivity index (χ4v) is 3.94. The number of thiophene rings is 1. The van der Waals surface area contributed by atoms with E-state index in [0.29, 0.717) is 16.3 Å². The van der Waals surface area contributed by atoms with Crippen molar-refractivity contribution in [1.82, 2.24) is 4.90 Å². The number of ether oxygens (including phenoxy) is 1. The smallest absolute Gasteiger partial charge is 0.264 e. The quantitative estimate of drug-likeness (QED) is 0.759. The highest BCUT2D eigenvalue weighted by Crippen LogP contribution is 2.36. The monoisotopic (exact) mass is 370 g/mol. The van der Waals surface area contributed by atoms with Crippen LogP contribution in [0.25, 0.3) is 0 Å². The minimum atomic E-state index is -0.730. The van der Waals surface area contributed by atoms with Crippen LogP contribution in [0.3, 0.4) is 0 Å². The van der Waals surface area contributed by atoms with Crippen LogP contribution in [-0.2, 0) is 9.59 Å². The van der Waals surface area contributed by atoms with Gasteiger partial charge in [-0.25, -0.2) is 4.90 Å². The van der Waals surface area contributed by atoms with Crippen molar-refractivity contribution in [3.8, 4) is 5.75 Å². The van der Waals surface area contributed by atoms with E-state index in [2.05, 4.69) is 0 Å². The van der Waals surface area contributed by atoms with Crippen molar-refractivity contribution in [2.45, 2.75) is 31.3 Å². The van der Waals surface area contributed by atoms with Crippen molar-refractivity contribution in [2.75, 3.05) is 12.0 Å². The molecular weight excluding hydrogens is 352 g/mol. The van der Waals surface area contributed by atoms with Crippen LogP contribution >= 0.6 is 11.3 Å². The number of hydrogen-bond acceptors (Lipinski definition) is 5. The number of imide groups is 1. The highest BCUT2D eigenvalue weighted by molar-refractivity contribution is 7.12. The first-order chi connectivity index (χ1) is 12.6. The molecule has 1 aromatic carbocycles. The molecule has 3 amide bonds. The van der Waals surface area contributed by atoms with E-state index >= 15 is 0 Å². The van der Waals surface area contributed by atoms with Crippen molar-refractivity contribution < 1.29 is 19.1 Å². The van der Waals surface area contributed by atoms with Crippen LogP contribution in [0.2, 0.25) is 0 Å². The van der Waals surface area contributed by atoms with Gasteiger partial charge in [0.25, 0.3) is 11.8 Å². The first kappa shape index (κ1) is 16.8. The molecule has 2 aliphatic rings. The first-order valence-electron chi connectivity index (χ1n) is 8.47. The number of nitrogens with zero attached hydrogens (tertiary/aromatic N) is 2. The van der Waals surface area contributed by atoms with Crippen molar-refractivity contribution in [2.24, 2.45) is 0 Å². The fraction of sp³-hybridized carbons (Fsp3) is 0.316. The van der Waals surface area contributed by atoms with E-state index in [1.165, 1.54) is 16.2 Å². The van der Waals surface area contributed by atoms with Gasteiger partial charge in [0.1, 0.15) is 11.8 Å². The third kappa shape index (κ3) is 2.88. The lowest BCUT2D eigenvalue weighted by Crippen LogP contribution is -2.46. The van der Waals surface area contributed by atoms with Crippen LogP contribution in [0.4, 0.5) is 5.69 Å². The van der Waals surface area contributed by atoms with Gasteiger partial charge in [-0.1, -0.05) is 6.07 Å². The number of carbonyl (C=O) groups is 3. The van der Waals surface area contributed by atoms with Crippen LogP contribution in [0.15, 0.2) is 41.8 Å². The van der Waals surface area contributed by atoms with Crippen molar-refractivity contribution in [1.29, 1.82) is 0 Å². The number of anilines is 1. The molecule has 0 N–H and O–H groups in total. The highest BCUT2D eigenvalue weighted by Gasteiger charge is 2.49. The Morgan fingerprint density at radius 1 is 1.19 bits per heavy atom. The van der Waals surface area contributed by atoms with Gasteiger partial charge in [-0.05, 0) is 48.6 Å². The Bertz CT molecular complexity index is 843. The molecule has 2 aromatic rings. The molecule has 1 unspecified atom stereocenters. The largest absolute Gasteiger partial charge is 0.497 e. The lowest BCUT2D eigenvalue weighted by Gasteiger charge is -2.27. The highest BCUT2D eigenvalue weighted by atomic mass is 32.1. The van der Waals surface area contributed by atoms with Crippen LogP contribution in [-0.4, -0.2) is 41.8 Å². The predicted octanol–water partition coefficient (Wildman–Crippen LogP) is 2.69. The predicted molar refractivity (Wildman–Crippen MR) is 97.4 cm³/mol. The summed E-state index contributed by atoms with van der Waals surface area (Å²) in [4.78, 5) is 41.8. The molecule has 26 heavy (non-hydrogen) atoms. The van der Waals surface area contributed by atoms with Gasteiger partial charge in [0.15, 0.2) is 0 Å². The SMILES string of the molecule is COc1ccc(N2C(=O)CC(N(C(=O)c3cccs3)C3CC3)C2=O)cc1. The molecule has 1 saturated heterocycles. The maximum atomic E-state index is 13.0. The average Bonchev–Trinajstić information content (AvgIpc) is 3.23. The van der Waals surface area contributed by atoms with Crippen LogP contribution in [0, 0.1) is 0 Å². The lowest BCUT2D eigenvalue weighted by molar-refractivity contribution is -0.122. The van der Waals surface area contributed by atoms with Gasteiger partial charge in [-0.3, -0.25) is 14.4 Å². The third-order valence-electron chi connectivity index (χ3n) is 4.70. The number of methoxy groups -OCH3 is 1. The second-order valence-electron chi connectivity index (χ2n) is 6.41. The minimum Gasteiger partial charge on any atom is -0.497 e. The maximum Gasteiger partial charge on any atom is 0.264 e. The van der Waals surface area contributed by atoms with Crippen LogP contribution < -0.4 is 9.64 Å². The summed E-state index contributed by atoms with van der Waals surface area (Å²) in [6.45, 7) is 0. The molecule has 0 bridgehead atoms. The molecule has 7 heteroatoms. The van der Waals surface area contributed by atoms with E-state index in [9.17, 15) is 14.4 Å². The van der Waals surface area contributed by atoms with E-state index in [4.69, 9.17) is 4.74 Å². The van der Waals surface area contributed by atoms with E-state index < -0.39 is 6.04 Å².